The van der Waals surface area contributed by atoms with Crippen LogP contribution in [0.25, 0.3) is 0 Å². The van der Waals surface area contributed by atoms with Crippen LogP contribution >= 0.6 is 0 Å². The van der Waals surface area contributed by atoms with Crippen LogP contribution in [0.15, 0.2) is 53.4 Å². The van der Waals surface area contributed by atoms with E-state index >= 15 is 0 Å². The van der Waals surface area contributed by atoms with Crippen LogP contribution in [-0.4, -0.2) is 31.0 Å². The number of benzene rings is 2. The monoisotopic (exact) mass is 365 g/mol. The Balaban J connectivity index is 2.56. The van der Waals surface area contributed by atoms with E-state index in [2.05, 4.69) is 0 Å². The third-order valence-electron chi connectivity index (χ3n) is 3.35. The van der Waals surface area contributed by atoms with Crippen LogP contribution in [0.3, 0.4) is 0 Å². The smallest absolute Gasteiger partial charge is 0.271 e. The van der Waals surface area contributed by atoms with E-state index in [0.717, 1.165) is 11.6 Å². The van der Waals surface area contributed by atoms with E-state index in [0.29, 0.717) is 4.31 Å². The molecule has 0 aliphatic heterocycles. The Labute approximate surface area is 143 Å². The Morgan fingerprint density at radius 2 is 1.88 bits per heavy atom. The minimum absolute atomic E-state index is 0.0709. The molecule has 132 valence electrons. The molecule has 2 N–H and O–H groups in total. The number of sulfonamides is 1. The summed E-state index contributed by atoms with van der Waals surface area (Å²) in [4.78, 5) is 21.7. The fraction of sp³-hybridized carbons (Fsp3) is 0.133. The Morgan fingerprint density at radius 3 is 2.44 bits per heavy atom. The van der Waals surface area contributed by atoms with Crippen molar-refractivity contribution in [3.05, 3.63) is 64.2 Å². The fourth-order valence-electron chi connectivity index (χ4n) is 2.08. The molecule has 0 saturated heterocycles. The van der Waals surface area contributed by atoms with E-state index < -0.39 is 27.4 Å². The topological polar surface area (TPSA) is 130 Å². The van der Waals surface area contributed by atoms with Gasteiger partial charge >= 0.3 is 0 Å². The van der Waals surface area contributed by atoms with Gasteiger partial charge in [0, 0.05) is 12.1 Å². The number of carbonyl (C=O) groups is 1. The molecule has 2 aromatic rings. The first kappa shape index (κ1) is 18.4. The van der Waals surface area contributed by atoms with Crippen molar-refractivity contribution < 1.29 is 23.3 Å². The lowest BCUT2D eigenvalue weighted by atomic mass is 10.2. The predicted octanol–water partition coefficient (Wildman–Crippen LogP) is 1.60. The number of nitrogens with zero attached hydrogens (tertiary/aromatic N) is 2. The summed E-state index contributed by atoms with van der Waals surface area (Å²) in [6, 6.07) is 10.8. The average Bonchev–Trinajstić information content (AvgIpc) is 2.59. The minimum atomic E-state index is -4.18. The Hall–Kier alpha value is -2.98. The lowest BCUT2D eigenvalue weighted by Gasteiger charge is -2.23. The van der Waals surface area contributed by atoms with Crippen LogP contribution in [0.1, 0.15) is 5.56 Å². The first-order valence-corrected chi connectivity index (χ1v) is 8.46. The first-order chi connectivity index (χ1) is 11.8. The number of nitro groups is 1. The standard InChI is InChI=1S/C15H15N3O6S/c1-11-5-7-14(8-6-11)25(23,24)17(10-15(19)16-20)12-3-2-4-13(9-12)18(21)22/h2-9,20H,10H2,1H3,(H,16,19). The number of carbonyl (C=O) groups excluding carboxylic acids is 1. The molecule has 25 heavy (non-hydrogen) atoms. The molecule has 1 amide bonds. The highest BCUT2D eigenvalue weighted by molar-refractivity contribution is 7.92. The summed E-state index contributed by atoms with van der Waals surface area (Å²) in [6.45, 7) is 1.04. The SMILES string of the molecule is Cc1ccc(S(=O)(=O)N(CC(=O)NO)c2cccc([N+](=O)[O-])c2)cc1. The molecule has 2 aromatic carbocycles. The molecule has 10 heteroatoms. The van der Waals surface area contributed by atoms with Crippen LogP contribution in [0.4, 0.5) is 11.4 Å². The summed E-state index contributed by atoms with van der Waals surface area (Å²) < 4.78 is 26.4. The molecule has 9 nitrogen and oxygen atoms in total. The van der Waals surface area contributed by atoms with Crippen molar-refractivity contribution >= 4 is 27.3 Å². The maximum Gasteiger partial charge on any atom is 0.271 e. The van der Waals surface area contributed by atoms with E-state index in [1.54, 1.807) is 19.1 Å². The average molecular weight is 365 g/mol. The second kappa shape index (κ2) is 7.28. The van der Waals surface area contributed by atoms with Crippen molar-refractivity contribution in [2.75, 3.05) is 10.8 Å². The second-order valence-corrected chi connectivity index (χ2v) is 7.00. The zero-order chi connectivity index (χ0) is 18.6. The van der Waals surface area contributed by atoms with E-state index in [-0.39, 0.29) is 16.3 Å². The summed E-state index contributed by atoms with van der Waals surface area (Å²) in [5, 5.41) is 19.6. The van der Waals surface area contributed by atoms with Gasteiger partial charge in [-0.2, -0.15) is 0 Å². The Bertz CT molecular complexity index is 896. The summed E-state index contributed by atoms with van der Waals surface area (Å²) >= 11 is 0. The van der Waals surface area contributed by atoms with Crippen molar-refractivity contribution in [2.24, 2.45) is 0 Å². The molecule has 0 aromatic heterocycles. The summed E-state index contributed by atoms with van der Waals surface area (Å²) in [7, 11) is -4.18. The van der Waals surface area contributed by atoms with Crippen molar-refractivity contribution in [2.45, 2.75) is 11.8 Å². The van der Waals surface area contributed by atoms with Gasteiger partial charge in [0.15, 0.2) is 0 Å². The number of rotatable bonds is 6. The van der Waals surface area contributed by atoms with Crippen LogP contribution in [0, 0.1) is 17.0 Å². The van der Waals surface area contributed by atoms with Gasteiger partial charge in [-0.05, 0) is 25.1 Å². The highest BCUT2D eigenvalue weighted by atomic mass is 32.2. The molecular formula is C15H15N3O6S. The number of nitro benzene ring substituents is 1. The van der Waals surface area contributed by atoms with E-state index in [1.165, 1.54) is 35.8 Å². The Kier molecular flexibility index (Phi) is 5.35. The summed E-state index contributed by atoms with van der Waals surface area (Å²) in [6.07, 6.45) is 0. The number of hydrogen-bond donors (Lipinski definition) is 2. The Morgan fingerprint density at radius 1 is 1.24 bits per heavy atom. The van der Waals surface area contributed by atoms with Gasteiger partial charge in [0.05, 0.1) is 15.5 Å². The largest absolute Gasteiger partial charge is 0.289 e. The van der Waals surface area contributed by atoms with Crippen molar-refractivity contribution in [3.8, 4) is 0 Å². The number of non-ortho nitro benzene ring substituents is 1. The van der Waals surface area contributed by atoms with E-state index in [1.807, 2.05) is 0 Å². The molecule has 0 heterocycles. The van der Waals surface area contributed by atoms with Crippen LogP contribution in [-0.2, 0) is 14.8 Å². The summed E-state index contributed by atoms with van der Waals surface area (Å²) in [5.41, 5.74) is 1.80. The lowest BCUT2D eigenvalue weighted by Crippen LogP contribution is -2.40. The molecule has 0 fully saturated rings. The molecule has 0 atom stereocenters. The number of hydroxylamine groups is 1. The molecule has 0 radical (unpaired) electrons. The normalized spacial score (nSPS) is 11.0. The number of hydrogen-bond acceptors (Lipinski definition) is 6. The molecule has 0 unspecified atom stereocenters. The van der Waals surface area contributed by atoms with Gasteiger partial charge in [0.1, 0.15) is 6.54 Å². The van der Waals surface area contributed by atoms with Crippen LogP contribution in [0.2, 0.25) is 0 Å². The minimum Gasteiger partial charge on any atom is -0.289 e. The molecule has 0 aliphatic carbocycles. The third kappa shape index (κ3) is 4.11. The van der Waals surface area contributed by atoms with Crippen molar-refractivity contribution in [1.82, 2.24) is 5.48 Å². The van der Waals surface area contributed by atoms with E-state index in [9.17, 15) is 23.3 Å². The molecule has 0 aliphatic rings. The zero-order valence-corrected chi connectivity index (χ0v) is 13.9. The van der Waals surface area contributed by atoms with Gasteiger partial charge in [-0.3, -0.25) is 24.4 Å². The third-order valence-corrected chi connectivity index (χ3v) is 5.14. The van der Waals surface area contributed by atoms with E-state index in [4.69, 9.17) is 5.21 Å². The molecular weight excluding hydrogens is 350 g/mol. The van der Waals surface area contributed by atoms with Gasteiger partial charge in [-0.15, -0.1) is 0 Å². The number of nitrogens with one attached hydrogen (secondary N) is 1. The van der Waals surface area contributed by atoms with Crippen LogP contribution < -0.4 is 9.79 Å². The number of amides is 1. The van der Waals surface area contributed by atoms with Gasteiger partial charge in [0.25, 0.3) is 21.6 Å². The first-order valence-electron chi connectivity index (χ1n) is 7.02. The quantitative estimate of drug-likeness (QED) is 0.454. The lowest BCUT2D eigenvalue weighted by molar-refractivity contribution is -0.384. The summed E-state index contributed by atoms with van der Waals surface area (Å²) in [5.74, 6) is -0.984. The zero-order valence-electron chi connectivity index (χ0n) is 13.1. The van der Waals surface area contributed by atoms with Gasteiger partial charge in [0.2, 0.25) is 0 Å². The van der Waals surface area contributed by atoms with Gasteiger partial charge in [-0.25, -0.2) is 13.9 Å². The maximum absolute atomic E-state index is 12.9. The van der Waals surface area contributed by atoms with Gasteiger partial charge < -0.3 is 0 Å². The maximum atomic E-state index is 12.9. The predicted molar refractivity (Wildman–Crippen MR) is 88.7 cm³/mol. The number of anilines is 1. The molecule has 2 rings (SSSR count). The fourth-order valence-corrected chi connectivity index (χ4v) is 3.49. The molecule has 0 saturated carbocycles. The molecule has 0 spiro atoms. The highest BCUT2D eigenvalue weighted by Gasteiger charge is 2.28. The molecule has 0 bridgehead atoms. The van der Waals surface area contributed by atoms with Gasteiger partial charge in [-0.1, -0.05) is 23.8 Å². The highest BCUT2D eigenvalue weighted by Crippen LogP contribution is 2.27. The van der Waals surface area contributed by atoms with Crippen molar-refractivity contribution in [3.63, 3.8) is 0 Å². The second-order valence-electron chi connectivity index (χ2n) is 5.14. The van der Waals surface area contributed by atoms with Crippen molar-refractivity contribution in [1.29, 1.82) is 0 Å². The van der Waals surface area contributed by atoms with Crippen LogP contribution in [0.5, 0.6) is 0 Å². The number of aryl methyl sites for hydroxylation is 1.